The highest BCUT2D eigenvalue weighted by Gasteiger charge is 2.40. The van der Waals surface area contributed by atoms with E-state index in [1.807, 2.05) is 45.4 Å². The van der Waals surface area contributed by atoms with Crippen molar-refractivity contribution in [3.63, 3.8) is 0 Å². The van der Waals surface area contributed by atoms with E-state index in [1.165, 1.54) is 0 Å². The van der Waals surface area contributed by atoms with Crippen molar-refractivity contribution in [3.05, 3.63) is 47.9 Å². The quantitative estimate of drug-likeness (QED) is 0.668. The summed E-state index contributed by atoms with van der Waals surface area (Å²) < 4.78 is 13.1. The Hall–Kier alpha value is -2.96. The van der Waals surface area contributed by atoms with Gasteiger partial charge in [-0.25, -0.2) is 4.98 Å². The van der Waals surface area contributed by atoms with E-state index in [1.54, 1.807) is 18.0 Å². The maximum atomic E-state index is 6.14. The highest BCUT2D eigenvalue weighted by Crippen LogP contribution is 2.47. The first-order valence-corrected chi connectivity index (χ1v) is 9.02. The molecule has 7 heteroatoms. The molecule has 0 aliphatic heterocycles. The summed E-state index contributed by atoms with van der Waals surface area (Å²) in [6, 6.07) is 3.99. The van der Waals surface area contributed by atoms with Crippen molar-refractivity contribution < 1.29 is 9.47 Å². The molecule has 1 saturated carbocycles. The Bertz CT molecular complexity index is 952. The molecule has 2 atom stereocenters. The minimum atomic E-state index is 0.432. The lowest BCUT2D eigenvalue weighted by Crippen LogP contribution is -2.07. The average molecular weight is 365 g/mol. The normalized spacial score (nSPS) is 18.4. The molecule has 0 saturated heterocycles. The van der Waals surface area contributed by atoms with Crippen LogP contribution in [0.25, 0.3) is 11.1 Å². The number of rotatable bonds is 6. The zero-order valence-electron chi connectivity index (χ0n) is 16.0. The lowest BCUT2D eigenvalue weighted by Gasteiger charge is -2.12. The molecule has 0 amide bonds. The Morgan fingerprint density at radius 1 is 1.19 bits per heavy atom. The second-order valence-electron chi connectivity index (χ2n) is 6.98. The fraction of sp³-hybridized carbons (Fsp3) is 0.400. The molecule has 140 valence electrons. The van der Waals surface area contributed by atoms with Crippen molar-refractivity contribution in [2.24, 2.45) is 13.0 Å². The van der Waals surface area contributed by atoms with E-state index in [-0.39, 0.29) is 0 Å². The molecule has 7 nitrogen and oxygen atoms in total. The van der Waals surface area contributed by atoms with Crippen LogP contribution >= 0.6 is 0 Å². The maximum absolute atomic E-state index is 6.14. The highest BCUT2D eigenvalue weighted by atomic mass is 16.5. The summed E-state index contributed by atoms with van der Waals surface area (Å²) in [7, 11) is 3.54. The van der Waals surface area contributed by atoms with E-state index in [0.717, 1.165) is 34.7 Å². The Balaban J connectivity index is 1.49. The number of aromatic nitrogens is 5. The third kappa shape index (κ3) is 3.63. The van der Waals surface area contributed by atoms with Crippen LogP contribution in [0.2, 0.25) is 0 Å². The molecule has 1 aliphatic rings. The maximum Gasteiger partial charge on any atom is 0.225 e. The lowest BCUT2D eigenvalue weighted by atomic mass is 10.1. The number of aryl methyl sites for hydroxylation is 3. The summed E-state index contributed by atoms with van der Waals surface area (Å²) >= 11 is 0. The third-order valence-corrected chi connectivity index (χ3v) is 4.89. The van der Waals surface area contributed by atoms with Crippen molar-refractivity contribution in [3.8, 4) is 22.8 Å². The molecule has 1 fully saturated rings. The lowest BCUT2D eigenvalue weighted by molar-refractivity contribution is 0.285. The first-order valence-electron chi connectivity index (χ1n) is 9.02. The topological polar surface area (TPSA) is 75.0 Å². The van der Waals surface area contributed by atoms with Gasteiger partial charge in [-0.2, -0.15) is 10.1 Å². The Morgan fingerprint density at radius 2 is 2.04 bits per heavy atom. The van der Waals surface area contributed by atoms with Crippen molar-refractivity contribution >= 4 is 0 Å². The van der Waals surface area contributed by atoms with Gasteiger partial charge in [-0.05, 0) is 32.4 Å². The standard InChI is InChI=1S/C20H23N5O2/c1-12-19(15-8-22-25(3)10-15)20(24-13(2)23-12)27-11-14-7-17(14)18-6-5-16(26-4)9-21-18/h5-6,8-10,14,17H,7,11H2,1-4H3/t14-,17?/m1/s1. The van der Waals surface area contributed by atoms with Crippen LogP contribution in [0.5, 0.6) is 11.6 Å². The van der Waals surface area contributed by atoms with Gasteiger partial charge in [-0.15, -0.1) is 0 Å². The molecule has 0 aromatic carbocycles. The molecule has 27 heavy (non-hydrogen) atoms. The van der Waals surface area contributed by atoms with Crippen LogP contribution in [-0.4, -0.2) is 38.4 Å². The van der Waals surface area contributed by atoms with Crippen molar-refractivity contribution in [1.82, 2.24) is 24.7 Å². The van der Waals surface area contributed by atoms with Gasteiger partial charge in [-0.3, -0.25) is 9.67 Å². The van der Waals surface area contributed by atoms with E-state index >= 15 is 0 Å². The summed E-state index contributed by atoms with van der Waals surface area (Å²) in [5, 5.41) is 4.26. The van der Waals surface area contributed by atoms with Crippen LogP contribution in [0, 0.1) is 19.8 Å². The summed E-state index contributed by atoms with van der Waals surface area (Å²) in [5.41, 5.74) is 3.87. The molecule has 0 radical (unpaired) electrons. The van der Waals surface area contributed by atoms with Crippen molar-refractivity contribution in [1.29, 1.82) is 0 Å². The molecular weight excluding hydrogens is 342 g/mol. The average Bonchev–Trinajstić information content (AvgIpc) is 3.31. The molecule has 0 bridgehead atoms. The molecule has 0 spiro atoms. The predicted molar refractivity (Wildman–Crippen MR) is 101 cm³/mol. The zero-order chi connectivity index (χ0) is 19.0. The molecule has 0 N–H and O–H groups in total. The smallest absolute Gasteiger partial charge is 0.225 e. The van der Waals surface area contributed by atoms with Gasteiger partial charge in [0.05, 0.1) is 37.4 Å². The first kappa shape index (κ1) is 17.5. The third-order valence-electron chi connectivity index (χ3n) is 4.89. The Labute approximate surface area is 158 Å². The van der Waals surface area contributed by atoms with Crippen LogP contribution in [0.3, 0.4) is 0 Å². The van der Waals surface area contributed by atoms with Crippen LogP contribution in [0.1, 0.15) is 29.6 Å². The van der Waals surface area contributed by atoms with Crippen molar-refractivity contribution in [2.45, 2.75) is 26.2 Å². The second-order valence-corrected chi connectivity index (χ2v) is 6.98. The molecular formula is C20H23N5O2. The molecule has 1 aliphatic carbocycles. The van der Waals surface area contributed by atoms with Gasteiger partial charge in [0, 0.05) is 36.3 Å². The monoisotopic (exact) mass is 365 g/mol. The van der Waals surface area contributed by atoms with Gasteiger partial charge in [0.25, 0.3) is 0 Å². The van der Waals surface area contributed by atoms with E-state index in [2.05, 4.69) is 20.1 Å². The Kier molecular flexibility index (Phi) is 4.51. The largest absolute Gasteiger partial charge is 0.495 e. The van der Waals surface area contributed by atoms with Gasteiger partial charge in [0.1, 0.15) is 11.6 Å². The van der Waals surface area contributed by atoms with Gasteiger partial charge in [0.2, 0.25) is 5.88 Å². The van der Waals surface area contributed by atoms with Gasteiger partial charge < -0.3 is 9.47 Å². The minimum Gasteiger partial charge on any atom is -0.495 e. The van der Waals surface area contributed by atoms with Gasteiger partial charge in [0.15, 0.2) is 0 Å². The van der Waals surface area contributed by atoms with Gasteiger partial charge in [-0.1, -0.05) is 0 Å². The number of nitrogens with zero attached hydrogens (tertiary/aromatic N) is 5. The van der Waals surface area contributed by atoms with Gasteiger partial charge >= 0.3 is 0 Å². The summed E-state index contributed by atoms with van der Waals surface area (Å²) in [5.74, 6) is 2.99. The summed E-state index contributed by atoms with van der Waals surface area (Å²) in [6.07, 6.45) is 6.61. The van der Waals surface area contributed by atoms with Crippen molar-refractivity contribution in [2.75, 3.05) is 13.7 Å². The molecule has 3 aromatic heterocycles. The number of ether oxygens (including phenoxy) is 2. The van der Waals surface area contributed by atoms with Crippen LogP contribution in [-0.2, 0) is 7.05 Å². The van der Waals surface area contributed by atoms with E-state index in [9.17, 15) is 0 Å². The minimum absolute atomic E-state index is 0.432. The van der Waals surface area contributed by atoms with E-state index in [0.29, 0.717) is 30.1 Å². The van der Waals surface area contributed by atoms with E-state index < -0.39 is 0 Å². The number of hydrogen-bond acceptors (Lipinski definition) is 6. The van der Waals surface area contributed by atoms with Crippen LogP contribution in [0.15, 0.2) is 30.7 Å². The van der Waals surface area contributed by atoms with Crippen LogP contribution < -0.4 is 9.47 Å². The fourth-order valence-corrected chi connectivity index (χ4v) is 3.38. The number of hydrogen-bond donors (Lipinski definition) is 0. The summed E-state index contributed by atoms with van der Waals surface area (Å²) in [4.78, 5) is 13.5. The van der Waals surface area contributed by atoms with E-state index in [4.69, 9.17) is 9.47 Å². The zero-order valence-corrected chi connectivity index (χ0v) is 16.0. The van der Waals surface area contributed by atoms with Crippen LogP contribution in [0.4, 0.5) is 0 Å². The second kappa shape index (κ2) is 6.98. The predicted octanol–water partition coefficient (Wildman–Crippen LogP) is 3.08. The number of methoxy groups -OCH3 is 1. The molecule has 3 heterocycles. The number of pyridine rings is 1. The first-order chi connectivity index (χ1) is 13.0. The summed E-state index contributed by atoms with van der Waals surface area (Å²) in [6.45, 7) is 4.47. The molecule has 3 aromatic rings. The highest BCUT2D eigenvalue weighted by molar-refractivity contribution is 5.69. The molecule has 4 rings (SSSR count). The Morgan fingerprint density at radius 3 is 2.70 bits per heavy atom. The molecule has 1 unspecified atom stereocenters. The SMILES string of the molecule is COc1ccc(C2C[C@@H]2COc2nc(C)nc(C)c2-c2cnn(C)c2)nc1. The fourth-order valence-electron chi connectivity index (χ4n) is 3.38.